The van der Waals surface area contributed by atoms with Crippen LogP contribution in [0.2, 0.25) is 0 Å². The molecular weight excluding hydrogens is 138 g/mol. The molecule has 0 fully saturated rings. The number of rotatable bonds is 4. The van der Waals surface area contributed by atoms with Gasteiger partial charge >= 0.3 is 0 Å². The first-order chi connectivity index (χ1) is 5.04. The van der Waals surface area contributed by atoms with E-state index in [-0.39, 0.29) is 0 Å². The Labute approximate surface area is 69.5 Å². The van der Waals surface area contributed by atoms with Crippen molar-refractivity contribution in [2.45, 2.75) is 13.3 Å². The Hall–Kier alpha value is -0.570. The Kier molecular flexibility index (Phi) is 4.86. The van der Waals surface area contributed by atoms with Crippen LogP contribution in [0.3, 0.4) is 0 Å². The molecule has 3 nitrogen and oxygen atoms in total. The third kappa shape index (κ3) is 5.85. The highest BCUT2D eigenvalue weighted by Gasteiger charge is 1.97. The molecule has 11 heavy (non-hydrogen) atoms. The smallest absolute Gasteiger partial charge is 0.0923 e. The Morgan fingerprint density at radius 1 is 1.18 bits per heavy atom. The molecule has 0 bridgehead atoms. The van der Waals surface area contributed by atoms with Crippen molar-refractivity contribution in [3.05, 3.63) is 0 Å². The number of hydrogen-bond donors (Lipinski definition) is 1. The molecule has 0 amide bonds. The van der Waals surface area contributed by atoms with Crippen LogP contribution >= 0.6 is 0 Å². The van der Waals surface area contributed by atoms with Gasteiger partial charge in [0.1, 0.15) is 0 Å². The highest BCUT2D eigenvalue weighted by atomic mass is 15.1. The van der Waals surface area contributed by atoms with E-state index in [0.717, 1.165) is 19.5 Å². The summed E-state index contributed by atoms with van der Waals surface area (Å²) in [7, 11) is 6.09. The van der Waals surface area contributed by atoms with Gasteiger partial charge in [-0.1, -0.05) is 0 Å². The van der Waals surface area contributed by atoms with E-state index in [1.165, 1.54) is 0 Å². The molecule has 0 aliphatic heterocycles. The van der Waals surface area contributed by atoms with Crippen molar-refractivity contribution in [1.82, 2.24) is 9.80 Å². The van der Waals surface area contributed by atoms with Crippen molar-refractivity contribution in [3.63, 3.8) is 0 Å². The molecule has 0 atom stereocenters. The van der Waals surface area contributed by atoms with E-state index in [4.69, 9.17) is 5.41 Å². The summed E-state index contributed by atoms with van der Waals surface area (Å²) in [4.78, 5) is 4.12. The van der Waals surface area contributed by atoms with Crippen molar-refractivity contribution in [2.24, 2.45) is 0 Å². The second-order valence-corrected chi connectivity index (χ2v) is 3.16. The second-order valence-electron chi connectivity index (χ2n) is 3.16. The van der Waals surface area contributed by atoms with Crippen molar-refractivity contribution in [3.8, 4) is 0 Å². The van der Waals surface area contributed by atoms with Gasteiger partial charge in [0.2, 0.25) is 0 Å². The van der Waals surface area contributed by atoms with Crippen LogP contribution in [0, 0.1) is 5.41 Å². The van der Waals surface area contributed by atoms with Crippen LogP contribution in [-0.2, 0) is 0 Å². The largest absolute Gasteiger partial charge is 0.364 e. The van der Waals surface area contributed by atoms with Crippen LogP contribution in [0.1, 0.15) is 13.3 Å². The fourth-order valence-electron chi connectivity index (χ4n) is 0.792. The Balaban J connectivity index is 3.31. The molecular formula is C8H19N3. The van der Waals surface area contributed by atoms with Crippen molar-refractivity contribution in [2.75, 3.05) is 34.2 Å². The van der Waals surface area contributed by atoms with Crippen LogP contribution in [0.15, 0.2) is 0 Å². The summed E-state index contributed by atoms with van der Waals surface area (Å²) in [6.45, 7) is 3.89. The number of nitrogens with one attached hydrogen (secondary N) is 1. The predicted octanol–water partition coefficient (Wildman–Crippen LogP) is 0.867. The summed E-state index contributed by atoms with van der Waals surface area (Å²) in [6.07, 6.45) is 1.12. The van der Waals surface area contributed by atoms with Gasteiger partial charge in [-0.15, -0.1) is 0 Å². The molecule has 0 heterocycles. The van der Waals surface area contributed by atoms with Gasteiger partial charge in [-0.3, -0.25) is 5.41 Å². The number of amidine groups is 1. The third-order valence-corrected chi connectivity index (χ3v) is 1.67. The minimum absolute atomic E-state index is 0.642. The maximum Gasteiger partial charge on any atom is 0.0923 e. The molecule has 3 heteroatoms. The highest BCUT2D eigenvalue weighted by Crippen LogP contribution is 1.89. The van der Waals surface area contributed by atoms with Crippen LogP contribution < -0.4 is 0 Å². The first-order valence-corrected chi connectivity index (χ1v) is 3.95. The molecule has 0 aliphatic carbocycles. The first kappa shape index (κ1) is 10.4. The summed E-state index contributed by atoms with van der Waals surface area (Å²) in [5.41, 5.74) is 0. The van der Waals surface area contributed by atoms with Gasteiger partial charge in [0.25, 0.3) is 0 Å². The van der Waals surface area contributed by atoms with Gasteiger partial charge in [-0.05, 0) is 34.0 Å². The Morgan fingerprint density at radius 2 is 1.73 bits per heavy atom. The molecule has 66 valence electrons. The Bertz CT molecular complexity index is 121. The number of nitrogens with zero attached hydrogens (tertiary/aromatic N) is 2. The molecule has 0 aliphatic rings. The normalized spacial score (nSPS) is 10.3. The second kappa shape index (κ2) is 5.13. The minimum atomic E-state index is 0.642. The van der Waals surface area contributed by atoms with Crippen molar-refractivity contribution < 1.29 is 0 Å². The summed E-state index contributed by atoms with van der Waals surface area (Å²) in [6, 6.07) is 0. The van der Waals surface area contributed by atoms with Crippen LogP contribution in [0.5, 0.6) is 0 Å². The van der Waals surface area contributed by atoms with Crippen LogP contribution in [0.4, 0.5) is 0 Å². The fourth-order valence-corrected chi connectivity index (χ4v) is 0.792. The van der Waals surface area contributed by atoms with Gasteiger partial charge < -0.3 is 9.80 Å². The molecule has 0 saturated carbocycles. The molecule has 1 N–H and O–H groups in total. The highest BCUT2D eigenvalue weighted by molar-refractivity contribution is 5.75. The average Bonchev–Trinajstić information content (AvgIpc) is 1.86. The van der Waals surface area contributed by atoms with Crippen LogP contribution in [-0.4, -0.2) is 49.9 Å². The van der Waals surface area contributed by atoms with E-state index in [9.17, 15) is 0 Å². The van der Waals surface area contributed by atoms with E-state index >= 15 is 0 Å². The van der Waals surface area contributed by atoms with E-state index in [1.807, 2.05) is 18.9 Å². The fraction of sp³-hybridized carbons (Fsp3) is 0.875. The molecule has 0 saturated heterocycles. The lowest BCUT2D eigenvalue weighted by molar-refractivity contribution is 0.369. The SMILES string of the molecule is CC(=N)N(C)CCCN(C)C. The van der Waals surface area contributed by atoms with Crippen molar-refractivity contribution >= 4 is 5.84 Å². The molecule has 0 radical (unpaired) electrons. The zero-order valence-corrected chi connectivity index (χ0v) is 8.02. The summed E-state index contributed by atoms with van der Waals surface area (Å²) in [5.74, 6) is 0.642. The molecule has 0 rings (SSSR count). The topological polar surface area (TPSA) is 30.3 Å². The Morgan fingerprint density at radius 3 is 2.09 bits per heavy atom. The minimum Gasteiger partial charge on any atom is -0.364 e. The van der Waals surface area contributed by atoms with E-state index in [1.54, 1.807) is 0 Å². The van der Waals surface area contributed by atoms with Gasteiger partial charge in [-0.2, -0.15) is 0 Å². The zero-order chi connectivity index (χ0) is 8.85. The zero-order valence-electron chi connectivity index (χ0n) is 8.02. The quantitative estimate of drug-likeness (QED) is 0.485. The third-order valence-electron chi connectivity index (χ3n) is 1.67. The lowest BCUT2D eigenvalue weighted by Gasteiger charge is -2.18. The molecule has 0 aromatic carbocycles. The summed E-state index contributed by atoms with van der Waals surface area (Å²) < 4.78 is 0. The number of hydrogen-bond acceptors (Lipinski definition) is 2. The van der Waals surface area contributed by atoms with E-state index in [0.29, 0.717) is 5.84 Å². The predicted molar refractivity (Wildman–Crippen MR) is 49.2 cm³/mol. The average molecular weight is 157 g/mol. The summed E-state index contributed by atoms with van der Waals surface area (Å²) >= 11 is 0. The molecule has 0 unspecified atom stereocenters. The maximum absolute atomic E-state index is 7.30. The van der Waals surface area contributed by atoms with Gasteiger partial charge in [0, 0.05) is 13.6 Å². The van der Waals surface area contributed by atoms with Gasteiger partial charge in [0.15, 0.2) is 0 Å². The lowest BCUT2D eigenvalue weighted by atomic mass is 10.3. The first-order valence-electron chi connectivity index (χ1n) is 3.95. The van der Waals surface area contributed by atoms with E-state index < -0.39 is 0 Å². The van der Waals surface area contributed by atoms with Crippen LogP contribution in [0.25, 0.3) is 0 Å². The van der Waals surface area contributed by atoms with E-state index in [2.05, 4.69) is 19.0 Å². The molecule has 0 aromatic rings. The molecule has 0 aromatic heterocycles. The maximum atomic E-state index is 7.30. The molecule has 0 spiro atoms. The van der Waals surface area contributed by atoms with Crippen molar-refractivity contribution in [1.29, 1.82) is 5.41 Å². The lowest BCUT2D eigenvalue weighted by Crippen LogP contribution is -2.27. The van der Waals surface area contributed by atoms with Gasteiger partial charge in [-0.25, -0.2) is 0 Å². The van der Waals surface area contributed by atoms with Gasteiger partial charge in [0.05, 0.1) is 5.84 Å². The standard InChI is InChI=1S/C8H19N3/c1-8(9)11(4)7-5-6-10(2)3/h9H,5-7H2,1-4H3. The monoisotopic (exact) mass is 157 g/mol. The summed E-state index contributed by atoms with van der Waals surface area (Å²) in [5, 5.41) is 7.30.